The lowest BCUT2D eigenvalue weighted by molar-refractivity contribution is -0.134. The molecule has 0 bridgehead atoms. The van der Waals surface area contributed by atoms with Crippen molar-refractivity contribution in [2.75, 3.05) is 31.5 Å². The molecule has 4 rings (SSSR count). The Morgan fingerprint density at radius 3 is 2.47 bits per heavy atom. The SMILES string of the molecule is CC(C)c1cccc(NC(C(=O)N2CCN(C3CCCCC3)CC2)c2cccs2)c1. The molecule has 1 aromatic heterocycles. The average Bonchev–Trinajstić information content (AvgIpc) is 3.32. The Bertz CT molecular complexity index is 806. The number of hydrogen-bond acceptors (Lipinski definition) is 4. The molecule has 1 saturated heterocycles. The van der Waals surface area contributed by atoms with E-state index in [1.54, 1.807) is 11.3 Å². The molecule has 2 fully saturated rings. The third kappa shape index (κ3) is 5.06. The van der Waals surface area contributed by atoms with Gasteiger partial charge in [-0.25, -0.2) is 0 Å². The summed E-state index contributed by atoms with van der Waals surface area (Å²) in [5.41, 5.74) is 2.31. The first-order valence-electron chi connectivity index (χ1n) is 11.5. The first kappa shape index (κ1) is 21.4. The number of anilines is 1. The monoisotopic (exact) mass is 425 g/mol. The van der Waals surface area contributed by atoms with Gasteiger partial charge in [0.05, 0.1) is 0 Å². The Labute approximate surface area is 185 Å². The highest BCUT2D eigenvalue weighted by Gasteiger charge is 2.31. The molecule has 4 nitrogen and oxygen atoms in total. The van der Waals surface area contributed by atoms with Crippen molar-refractivity contribution in [1.82, 2.24) is 9.80 Å². The molecule has 5 heteroatoms. The number of hydrogen-bond donors (Lipinski definition) is 1. The Morgan fingerprint density at radius 1 is 1.03 bits per heavy atom. The summed E-state index contributed by atoms with van der Waals surface area (Å²) in [6.45, 7) is 8.10. The van der Waals surface area contributed by atoms with Gasteiger partial charge >= 0.3 is 0 Å². The summed E-state index contributed by atoms with van der Waals surface area (Å²) >= 11 is 1.66. The highest BCUT2D eigenvalue weighted by molar-refractivity contribution is 7.10. The minimum Gasteiger partial charge on any atom is -0.369 e. The highest BCUT2D eigenvalue weighted by atomic mass is 32.1. The number of nitrogens with zero attached hydrogens (tertiary/aromatic N) is 2. The normalized spacial score (nSPS) is 19.8. The third-order valence-corrected chi connectivity index (χ3v) is 7.59. The van der Waals surface area contributed by atoms with Crippen LogP contribution in [0.2, 0.25) is 0 Å². The minimum atomic E-state index is -0.311. The molecule has 0 spiro atoms. The van der Waals surface area contributed by atoms with E-state index in [9.17, 15) is 4.79 Å². The second-order valence-electron chi connectivity index (χ2n) is 9.03. The van der Waals surface area contributed by atoms with Gasteiger partial charge < -0.3 is 10.2 Å². The molecule has 0 radical (unpaired) electrons. The summed E-state index contributed by atoms with van der Waals surface area (Å²) < 4.78 is 0. The minimum absolute atomic E-state index is 0.204. The predicted octanol–water partition coefficient (Wildman–Crippen LogP) is 5.50. The fraction of sp³-hybridized carbons (Fsp3) is 0.560. The van der Waals surface area contributed by atoms with Crippen LogP contribution in [0.5, 0.6) is 0 Å². The van der Waals surface area contributed by atoms with Crippen LogP contribution in [0.3, 0.4) is 0 Å². The number of carbonyl (C=O) groups excluding carboxylic acids is 1. The van der Waals surface area contributed by atoms with Crippen LogP contribution >= 0.6 is 11.3 Å². The number of carbonyl (C=O) groups is 1. The van der Waals surface area contributed by atoms with Crippen LogP contribution in [0.25, 0.3) is 0 Å². The Kier molecular flexibility index (Phi) is 7.11. The van der Waals surface area contributed by atoms with E-state index in [1.807, 2.05) is 6.07 Å². The van der Waals surface area contributed by atoms with Crippen LogP contribution in [0.4, 0.5) is 5.69 Å². The van der Waals surface area contributed by atoms with Gasteiger partial charge in [-0.1, -0.05) is 51.3 Å². The maximum atomic E-state index is 13.6. The molecule has 1 saturated carbocycles. The molecular weight excluding hydrogens is 390 g/mol. The van der Waals surface area contributed by atoms with Crippen molar-refractivity contribution in [2.24, 2.45) is 0 Å². The largest absolute Gasteiger partial charge is 0.369 e. The number of amides is 1. The van der Waals surface area contributed by atoms with Crippen molar-refractivity contribution in [2.45, 2.75) is 64.0 Å². The zero-order valence-corrected chi connectivity index (χ0v) is 19.2. The molecule has 1 aliphatic heterocycles. The van der Waals surface area contributed by atoms with Crippen LogP contribution < -0.4 is 5.32 Å². The lowest BCUT2D eigenvalue weighted by Gasteiger charge is -2.41. The molecule has 2 aromatic rings. The van der Waals surface area contributed by atoms with Crippen molar-refractivity contribution in [1.29, 1.82) is 0 Å². The van der Waals surface area contributed by atoms with Gasteiger partial charge in [0.2, 0.25) is 0 Å². The van der Waals surface area contributed by atoms with E-state index in [0.29, 0.717) is 5.92 Å². The molecule has 30 heavy (non-hydrogen) atoms. The van der Waals surface area contributed by atoms with Gasteiger partial charge in [0.25, 0.3) is 5.91 Å². The molecule has 1 aromatic carbocycles. The summed E-state index contributed by atoms with van der Waals surface area (Å²) in [4.78, 5) is 19.3. The van der Waals surface area contributed by atoms with Crippen molar-refractivity contribution in [3.8, 4) is 0 Å². The van der Waals surface area contributed by atoms with Gasteiger partial charge in [-0.3, -0.25) is 9.69 Å². The van der Waals surface area contributed by atoms with Crippen LogP contribution in [0, 0.1) is 0 Å². The summed E-state index contributed by atoms with van der Waals surface area (Å²) in [6.07, 6.45) is 6.79. The van der Waals surface area contributed by atoms with Gasteiger partial charge in [0.1, 0.15) is 6.04 Å². The van der Waals surface area contributed by atoms with E-state index in [-0.39, 0.29) is 11.9 Å². The summed E-state index contributed by atoms with van der Waals surface area (Å²) in [7, 11) is 0. The van der Waals surface area contributed by atoms with Crippen molar-refractivity contribution in [3.05, 3.63) is 52.2 Å². The first-order chi connectivity index (χ1) is 14.6. The summed E-state index contributed by atoms with van der Waals surface area (Å²) in [5, 5.41) is 5.61. The first-order valence-corrected chi connectivity index (χ1v) is 12.4. The van der Waals surface area contributed by atoms with Crippen molar-refractivity contribution >= 4 is 22.9 Å². The molecular formula is C25H35N3OS. The third-order valence-electron chi connectivity index (χ3n) is 6.66. The van der Waals surface area contributed by atoms with E-state index in [4.69, 9.17) is 0 Å². The Morgan fingerprint density at radius 2 is 1.80 bits per heavy atom. The Balaban J connectivity index is 1.44. The second-order valence-corrected chi connectivity index (χ2v) is 10.0. The van der Waals surface area contributed by atoms with Gasteiger partial charge in [-0.15, -0.1) is 11.3 Å². The van der Waals surface area contributed by atoms with E-state index in [0.717, 1.165) is 42.8 Å². The van der Waals surface area contributed by atoms with Crippen molar-refractivity contribution in [3.63, 3.8) is 0 Å². The van der Waals surface area contributed by atoms with Crippen LogP contribution in [0.15, 0.2) is 41.8 Å². The molecule has 1 aliphatic carbocycles. The number of thiophene rings is 1. The van der Waals surface area contributed by atoms with Gasteiger partial charge in [0.15, 0.2) is 0 Å². The zero-order valence-electron chi connectivity index (χ0n) is 18.3. The van der Waals surface area contributed by atoms with Gasteiger partial charge in [0, 0.05) is 42.8 Å². The maximum absolute atomic E-state index is 13.6. The number of rotatable bonds is 6. The fourth-order valence-corrected chi connectivity index (χ4v) is 5.57. The number of nitrogens with one attached hydrogen (secondary N) is 1. The molecule has 2 aliphatic rings. The van der Waals surface area contributed by atoms with E-state index in [1.165, 1.54) is 37.7 Å². The molecule has 162 valence electrons. The maximum Gasteiger partial charge on any atom is 0.250 e. The van der Waals surface area contributed by atoms with Gasteiger partial charge in [-0.2, -0.15) is 0 Å². The van der Waals surface area contributed by atoms with E-state index >= 15 is 0 Å². The quantitative estimate of drug-likeness (QED) is 0.664. The number of piperazine rings is 1. The van der Waals surface area contributed by atoms with E-state index in [2.05, 4.69) is 64.7 Å². The molecule has 2 heterocycles. The van der Waals surface area contributed by atoms with Crippen LogP contribution in [-0.4, -0.2) is 47.9 Å². The smallest absolute Gasteiger partial charge is 0.250 e. The zero-order chi connectivity index (χ0) is 20.9. The molecule has 1 unspecified atom stereocenters. The van der Waals surface area contributed by atoms with E-state index < -0.39 is 0 Å². The van der Waals surface area contributed by atoms with Crippen molar-refractivity contribution < 1.29 is 4.79 Å². The summed E-state index contributed by atoms with van der Waals surface area (Å²) in [6, 6.07) is 13.0. The lowest BCUT2D eigenvalue weighted by atomic mass is 9.94. The van der Waals surface area contributed by atoms with Gasteiger partial charge in [-0.05, 0) is 47.9 Å². The number of benzene rings is 1. The Hall–Kier alpha value is -1.85. The molecule has 1 atom stereocenters. The lowest BCUT2D eigenvalue weighted by Crippen LogP contribution is -2.53. The highest BCUT2D eigenvalue weighted by Crippen LogP contribution is 2.29. The standard InChI is InChI=1S/C25H35N3OS/c1-19(2)20-8-6-9-21(18-20)26-24(23-12-7-17-30-23)25(29)28-15-13-27(14-16-28)22-10-4-3-5-11-22/h6-9,12,17-19,22,24,26H,3-5,10-11,13-16H2,1-2H3. The fourth-order valence-electron chi connectivity index (χ4n) is 4.80. The molecule has 1 amide bonds. The average molecular weight is 426 g/mol. The predicted molar refractivity (Wildman–Crippen MR) is 126 cm³/mol. The van der Waals surface area contributed by atoms with Crippen LogP contribution in [0.1, 0.15) is 68.4 Å². The molecule has 1 N–H and O–H groups in total. The summed E-state index contributed by atoms with van der Waals surface area (Å²) in [5.74, 6) is 0.672. The van der Waals surface area contributed by atoms with Crippen LogP contribution in [-0.2, 0) is 4.79 Å². The second kappa shape index (κ2) is 9.97. The topological polar surface area (TPSA) is 35.6 Å².